The van der Waals surface area contributed by atoms with Gasteiger partial charge in [-0.2, -0.15) is 5.10 Å². The minimum Gasteiger partial charge on any atom is -0.297 e. The van der Waals surface area contributed by atoms with Gasteiger partial charge in [0.1, 0.15) is 5.82 Å². The zero-order valence-electron chi connectivity index (χ0n) is 19.9. The van der Waals surface area contributed by atoms with Crippen LogP contribution in [0.15, 0.2) is 53.0 Å². The normalized spacial score (nSPS) is 20.2. The van der Waals surface area contributed by atoms with Crippen LogP contribution in [0, 0.1) is 11.7 Å². The second-order valence-corrected chi connectivity index (χ2v) is 11.2. The summed E-state index contributed by atoms with van der Waals surface area (Å²) >= 11 is 2.87. The van der Waals surface area contributed by atoms with Crippen LogP contribution in [-0.2, 0) is 16.1 Å². The molecule has 2 atom stereocenters. The number of rotatable bonds is 8. The van der Waals surface area contributed by atoms with Gasteiger partial charge in [-0.25, -0.2) is 9.37 Å². The largest absolute Gasteiger partial charge is 0.297 e. The minimum absolute atomic E-state index is 0. The van der Waals surface area contributed by atoms with Gasteiger partial charge in [-0.15, -0.1) is 23.7 Å². The molecule has 2 aromatic heterocycles. The Kier molecular flexibility index (Phi) is 8.77. The highest BCUT2D eigenvalue weighted by molar-refractivity contribution is 8.14. The Morgan fingerprint density at radius 3 is 2.75 bits per heavy atom. The van der Waals surface area contributed by atoms with E-state index < -0.39 is 6.04 Å². The summed E-state index contributed by atoms with van der Waals surface area (Å²) in [7, 11) is 0. The van der Waals surface area contributed by atoms with Crippen LogP contribution in [0.25, 0.3) is 6.08 Å². The number of ketones is 1. The fraction of sp³-hybridized carbons (Fsp3) is 0.385. The first-order chi connectivity index (χ1) is 17.0. The van der Waals surface area contributed by atoms with Crippen molar-refractivity contribution in [3.63, 3.8) is 0 Å². The smallest absolute Gasteiger partial charge is 0.186 e. The van der Waals surface area contributed by atoms with Gasteiger partial charge in [0, 0.05) is 48.3 Å². The van der Waals surface area contributed by atoms with E-state index in [4.69, 9.17) is 0 Å². The first-order valence-electron chi connectivity index (χ1n) is 11.8. The lowest BCUT2D eigenvalue weighted by Gasteiger charge is -2.38. The van der Waals surface area contributed by atoms with Crippen molar-refractivity contribution in [2.45, 2.75) is 44.0 Å². The van der Waals surface area contributed by atoms with Crippen LogP contribution in [0.1, 0.15) is 49.2 Å². The highest BCUT2D eigenvalue weighted by Gasteiger charge is 2.41. The molecule has 36 heavy (non-hydrogen) atoms. The topological polar surface area (TPSA) is 68.1 Å². The first kappa shape index (κ1) is 26.7. The molecule has 5 rings (SSSR count). The number of thioether (sulfide) groups is 1. The molecule has 1 aliphatic carbocycles. The number of thiazole rings is 1. The zero-order chi connectivity index (χ0) is 24.4. The van der Waals surface area contributed by atoms with Crippen molar-refractivity contribution in [2.75, 3.05) is 13.1 Å². The van der Waals surface area contributed by atoms with Gasteiger partial charge in [-0.3, -0.25) is 19.2 Å². The molecule has 0 spiro atoms. The molecule has 1 aliphatic heterocycles. The summed E-state index contributed by atoms with van der Waals surface area (Å²) < 4.78 is 16.7. The van der Waals surface area contributed by atoms with Gasteiger partial charge in [0.05, 0.1) is 29.5 Å². The van der Waals surface area contributed by atoms with E-state index >= 15 is 0 Å². The molecule has 1 saturated heterocycles. The van der Waals surface area contributed by atoms with Crippen LogP contribution in [-0.4, -0.2) is 48.9 Å². The molecule has 2 unspecified atom stereocenters. The Bertz CT molecular complexity index is 1240. The number of hydrogen-bond acceptors (Lipinski definition) is 7. The van der Waals surface area contributed by atoms with Gasteiger partial charge in [0.2, 0.25) is 0 Å². The molecular weight excluding hydrogens is 519 g/mol. The van der Waals surface area contributed by atoms with Crippen molar-refractivity contribution in [1.82, 2.24) is 19.7 Å². The third-order valence-electron chi connectivity index (χ3n) is 6.40. The molecule has 2 fully saturated rings. The van der Waals surface area contributed by atoms with Crippen LogP contribution in [0.3, 0.4) is 0 Å². The first-order valence-corrected chi connectivity index (χ1v) is 13.6. The third-order valence-corrected chi connectivity index (χ3v) is 8.19. The second-order valence-electron chi connectivity index (χ2n) is 9.10. The zero-order valence-corrected chi connectivity index (χ0v) is 22.3. The number of Topliss-reactive ketones (excluding diaryl/α,β-unsaturated/α-hetero) is 1. The summed E-state index contributed by atoms with van der Waals surface area (Å²) in [6.45, 7) is 3.28. The molecule has 0 amide bonds. The predicted octanol–water partition coefficient (Wildman–Crippen LogP) is 5.41. The van der Waals surface area contributed by atoms with Crippen LogP contribution >= 0.6 is 35.5 Å². The monoisotopic (exact) mass is 546 g/mol. The van der Waals surface area contributed by atoms with Gasteiger partial charge in [0.15, 0.2) is 10.9 Å². The number of hydrogen-bond donors (Lipinski definition) is 0. The number of aromatic nitrogens is 3. The molecule has 3 heterocycles. The summed E-state index contributed by atoms with van der Waals surface area (Å²) in [6.07, 6.45) is 6.39. The van der Waals surface area contributed by atoms with E-state index in [1.807, 2.05) is 28.4 Å². The number of nitrogens with zero attached hydrogens (tertiary/aromatic N) is 4. The molecule has 10 heteroatoms. The van der Waals surface area contributed by atoms with Gasteiger partial charge >= 0.3 is 0 Å². The molecule has 1 aromatic carbocycles. The van der Waals surface area contributed by atoms with E-state index in [0.717, 1.165) is 29.8 Å². The van der Waals surface area contributed by atoms with Crippen LogP contribution in [0.4, 0.5) is 4.39 Å². The highest BCUT2D eigenvalue weighted by atomic mass is 35.5. The maximum Gasteiger partial charge on any atom is 0.186 e. The van der Waals surface area contributed by atoms with Gasteiger partial charge in [0.25, 0.3) is 0 Å². The van der Waals surface area contributed by atoms with Crippen molar-refractivity contribution in [3.8, 4) is 0 Å². The standard InChI is InChI=1S/C26H27FN4O2S2.ClH/c1-17(32)35-24-9-10-30(25(26(33)18-6-7-18)22-4-2-3-5-23(22)27)13-19(24)12-20-8-11-31(29-20)14-21-15-34-16-28-21;/h2-5,8,11-12,15-16,18,24-25H,6-7,9-10,13-14H2,1H3;1H/b19-12-;. The van der Waals surface area contributed by atoms with Crippen molar-refractivity contribution in [3.05, 3.63) is 75.8 Å². The Morgan fingerprint density at radius 1 is 1.25 bits per heavy atom. The summed E-state index contributed by atoms with van der Waals surface area (Å²) in [6, 6.07) is 7.91. The van der Waals surface area contributed by atoms with Crippen molar-refractivity contribution in [2.24, 2.45) is 5.92 Å². The molecule has 190 valence electrons. The van der Waals surface area contributed by atoms with E-state index in [0.29, 0.717) is 31.6 Å². The number of likely N-dealkylation sites (tertiary alicyclic amines) is 1. The summed E-state index contributed by atoms with van der Waals surface area (Å²) in [5.41, 5.74) is 5.02. The fourth-order valence-electron chi connectivity index (χ4n) is 4.61. The number of carbonyl (C=O) groups excluding carboxylic acids is 2. The van der Waals surface area contributed by atoms with Crippen molar-refractivity contribution in [1.29, 1.82) is 0 Å². The van der Waals surface area contributed by atoms with Gasteiger partial charge in [-0.1, -0.05) is 30.0 Å². The number of halogens is 2. The van der Waals surface area contributed by atoms with E-state index in [2.05, 4.69) is 15.0 Å². The maximum absolute atomic E-state index is 14.8. The molecule has 0 N–H and O–H groups in total. The molecule has 6 nitrogen and oxygen atoms in total. The Balaban J connectivity index is 0.00000304. The Morgan fingerprint density at radius 2 is 2.06 bits per heavy atom. The van der Waals surface area contributed by atoms with E-state index in [9.17, 15) is 14.0 Å². The predicted molar refractivity (Wildman–Crippen MR) is 144 cm³/mol. The van der Waals surface area contributed by atoms with Crippen LogP contribution in [0.5, 0.6) is 0 Å². The van der Waals surface area contributed by atoms with Crippen molar-refractivity contribution >= 4 is 52.5 Å². The molecule has 3 aromatic rings. The summed E-state index contributed by atoms with van der Waals surface area (Å²) in [5, 5.41) is 6.73. The van der Waals surface area contributed by atoms with Gasteiger partial charge in [-0.05, 0) is 43.0 Å². The Labute approximate surface area is 224 Å². The van der Waals surface area contributed by atoms with E-state index in [-0.39, 0.29) is 40.3 Å². The molecular formula is C26H28ClFN4O2S2. The average molecular weight is 547 g/mol. The van der Waals surface area contributed by atoms with E-state index in [1.54, 1.807) is 42.0 Å². The van der Waals surface area contributed by atoms with E-state index in [1.165, 1.54) is 17.8 Å². The quantitative estimate of drug-likeness (QED) is 0.376. The third kappa shape index (κ3) is 6.32. The summed E-state index contributed by atoms with van der Waals surface area (Å²) in [5.74, 6) is -0.240. The number of carbonyl (C=O) groups is 2. The number of piperidine rings is 1. The average Bonchev–Trinajstić information content (AvgIpc) is 3.39. The lowest BCUT2D eigenvalue weighted by molar-refractivity contribution is -0.126. The summed E-state index contributed by atoms with van der Waals surface area (Å²) in [4.78, 5) is 31.7. The molecule has 0 radical (unpaired) electrons. The second kappa shape index (κ2) is 11.8. The lowest BCUT2D eigenvalue weighted by atomic mass is 9.93. The molecule has 2 aliphatic rings. The fourth-order valence-corrected chi connectivity index (χ4v) is 6.08. The van der Waals surface area contributed by atoms with Crippen molar-refractivity contribution < 1.29 is 14.0 Å². The number of benzene rings is 1. The highest BCUT2D eigenvalue weighted by Crippen LogP contribution is 2.40. The molecule has 0 bridgehead atoms. The minimum atomic E-state index is -0.613. The van der Waals surface area contributed by atoms with Crippen LogP contribution in [0.2, 0.25) is 0 Å². The lowest BCUT2D eigenvalue weighted by Crippen LogP contribution is -2.43. The molecule has 1 saturated carbocycles. The SMILES string of the molecule is CC(=O)SC1CCN(C(C(=O)C2CC2)c2ccccc2F)C/C1=C/c1ccn(Cc2cscn2)n1.Cl. The van der Waals surface area contributed by atoms with Crippen LogP contribution < -0.4 is 0 Å². The van der Waals surface area contributed by atoms with Gasteiger partial charge < -0.3 is 0 Å². The maximum atomic E-state index is 14.8. The Hall–Kier alpha value is -2.33.